The SMILES string of the molecule is COC(=O)CC1CN(c2cccc(F)c2)CC(C)N1. The molecule has 0 aliphatic carbocycles. The third-order valence-corrected chi connectivity index (χ3v) is 3.27. The van der Waals surface area contributed by atoms with Crippen LogP contribution in [0.2, 0.25) is 0 Å². The van der Waals surface area contributed by atoms with Crippen LogP contribution in [0.5, 0.6) is 0 Å². The van der Waals surface area contributed by atoms with Crippen LogP contribution in [0.1, 0.15) is 13.3 Å². The van der Waals surface area contributed by atoms with Crippen molar-refractivity contribution in [3.63, 3.8) is 0 Å². The number of anilines is 1. The lowest BCUT2D eigenvalue weighted by Gasteiger charge is -2.38. The molecular formula is C14H19FN2O2. The number of ether oxygens (including phenoxy) is 1. The van der Waals surface area contributed by atoms with Gasteiger partial charge in [0.2, 0.25) is 0 Å². The molecule has 2 unspecified atom stereocenters. The summed E-state index contributed by atoms with van der Waals surface area (Å²) >= 11 is 0. The molecule has 5 heteroatoms. The molecule has 0 aromatic heterocycles. The van der Waals surface area contributed by atoms with E-state index in [9.17, 15) is 9.18 Å². The van der Waals surface area contributed by atoms with Crippen molar-refractivity contribution in [2.24, 2.45) is 0 Å². The largest absolute Gasteiger partial charge is 0.469 e. The van der Waals surface area contributed by atoms with Gasteiger partial charge in [0, 0.05) is 30.9 Å². The second-order valence-corrected chi connectivity index (χ2v) is 4.93. The number of rotatable bonds is 3. The summed E-state index contributed by atoms with van der Waals surface area (Å²) in [5.41, 5.74) is 0.850. The number of esters is 1. The molecule has 0 radical (unpaired) electrons. The summed E-state index contributed by atoms with van der Waals surface area (Å²) in [6.07, 6.45) is 0.326. The molecule has 19 heavy (non-hydrogen) atoms. The maximum absolute atomic E-state index is 13.3. The van der Waals surface area contributed by atoms with Gasteiger partial charge < -0.3 is 15.0 Å². The first-order valence-corrected chi connectivity index (χ1v) is 6.42. The first-order valence-electron chi connectivity index (χ1n) is 6.42. The highest BCUT2D eigenvalue weighted by atomic mass is 19.1. The Morgan fingerprint density at radius 1 is 1.53 bits per heavy atom. The molecular weight excluding hydrogens is 247 g/mol. The van der Waals surface area contributed by atoms with Crippen molar-refractivity contribution in [2.75, 3.05) is 25.1 Å². The molecule has 104 valence electrons. The number of nitrogens with one attached hydrogen (secondary N) is 1. The molecule has 1 aliphatic heterocycles. The third kappa shape index (κ3) is 3.67. The van der Waals surface area contributed by atoms with Crippen LogP contribution in [0.3, 0.4) is 0 Å². The highest BCUT2D eigenvalue weighted by Crippen LogP contribution is 2.19. The maximum atomic E-state index is 13.3. The molecule has 1 saturated heterocycles. The fourth-order valence-electron chi connectivity index (χ4n) is 2.47. The molecule has 1 heterocycles. The fourth-order valence-corrected chi connectivity index (χ4v) is 2.47. The normalized spacial score (nSPS) is 23.2. The molecule has 2 atom stereocenters. The van der Waals surface area contributed by atoms with Gasteiger partial charge >= 0.3 is 5.97 Å². The Balaban J connectivity index is 2.07. The minimum absolute atomic E-state index is 0.0273. The van der Waals surface area contributed by atoms with Gasteiger partial charge in [0.1, 0.15) is 5.82 Å². The van der Waals surface area contributed by atoms with Gasteiger partial charge in [0.25, 0.3) is 0 Å². The Kier molecular flexibility index (Phi) is 4.37. The van der Waals surface area contributed by atoms with Gasteiger partial charge in [-0.25, -0.2) is 4.39 Å². The molecule has 1 aromatic rings. The Hall–Kier alpha value is -1.62. The average molecular weight is 266 g/mol. The average Bonchev–Trinajstić information content (AvgIpc) is 2.38. The summed E-state index contributed by atoms with van der Waals surface area (Å²) in [4.78, 5) is 13.4. The highest BCUT2D eigenvalue weighted by Gasteiger charge is 2.26. The van der Waals surface area contributed by atoms with Gasteiger partial charge in [-0.1, -0.05) is 6.07 Å². The van der Waals surface area contributed by atoms with Gasteiger partial charge in [0.15, 0.2) is 0 Å². The predicted molar refractivity (Wildman–Crippen MR) is 71.6 cm³/mol. The molecule has 1 aromatic carbocycles. The van der Waals surface area contributed by atoms with E-state index in [2.05, 4.69) is 17.1 Å². The smallest absolute Gasteiger partial charge is 0.307 e. The van der Waals surface area contributed by atoms with Crippen molar-refractivity contribution in [3.05, 3.63) is 30.1 Å². The van der Waals surface area contributed by atoms with Crippen LogP contribution in [0.4, 0.5) is 10.1 Å². The zero-order valence-corrected chi connectivity index (χ0v) is 11.2. The summed E-state index contributed by atoms with van der Waals surface area (Å²) in [6.45, 7) is 3.51. The van der Waals surface area contributed by atoms with Gasteiger partial charge in [-0.2, -0.15) is 0 Å². The van der Waals surface area contributed by atoms with Crippen molar-refractivity contribution in [3.8, 4) is 0 Å². The number of hydrogen-bond acceptors (Lipinski definition) is 4. The number of carbonyl (C=O) groups excluding carboxylic acids is 1. The third-order valence-electron chi connectivity index (χ3n) is 3.27. The molecule has 4 nitrogen and oxygen atoms in total. The molecule has 0 saturated carbocycles. The molecule has 2 rings (SSSR count). The van der Waals surface area contributed by atoms with Gasteiger partial charge in [-0.15, -0.1) is 0 Å². The number of benzene rings is 1. The molecule has 1 aliphatic rings. The minimum Gasteiger partial charge on any atom is -0.469 e. The number of methoxy groups -OCH3 is 1. The van der Waals surface area contributed by atoms with Crippen LogP contribution >= 0.6 is 0 Å². The Morgan fingerprint density at radius 3 is 3.00 bits per heavy atom. The quantitative estimate of drug-likeness (QED) is 0.843. The van der Waals surface area contributed by atoms with E-state index in [1.54, 1.807) is 6.07 Å². The van der Waals surface area contributed by atoms with E-state index in [-0.39, 0.29) is 23.9 Å². The number of nitrogens with zero attached hydrogens (tertiary/aromatic N) is 1. The summed E-state index contributed by atoms with van der Waals surface area (Å²) in [7, 11) is 1.39. The van der Waals surface area contributed by atoms with Gasteiger partial charge in [0.05, 0.1) is 13.5 Å². The van der Waals surface area contributed by atoms with Crippen molar-refractivity contribution >= 4 is 11.7 Å². The van der Waals surface area contributed by atoms with Crippen molar-refractivity contribution < 1.29 is 13.9 Å². The summed E-state index contributed by atoms with van der Waals surface area (Å²) in [5, 5.41) is 3.36. The minimum atomic E-state index is -0.242. The van der Waals surface area contributed by atoms with E-state index in [4.69, 9.17) is 4.74 Å². The van der Waals surface area contributed by atoms with Crippen LogP contribution in [-0.2, 0) is 9.53 Å². The van der Waals surface area contributed by atoms with Crippen LogP contribution in [-0.4, -0.2) is 38.3 Å². The fraction of sp³-hybridized carbons (Fsp3) is 0.500. The molecule has 0 amide bonds. The van der Waals surface area contributed by atoms with Crippen molar-refractivity contribution in [2.45, 2.75) is 25.4 Å². The van der Waals surface area contributed by atoms with Crippen LogP contribution in [0, 0.1) is 5.82 Å². The van der Waals surface area contributed by atoms with E-state index in [1.807, 2.05) is 6.07 Å². The van der Waals surface area contributed by atoms with E-state index >= 15 is 0 Å². The second-order valence-electron chi connectivity index (χ2n) is 4.93. The van der Waals surface area contributed by atoms with E-state index in [0.717, 1.165) is 12.2 Å². The van der Waals surface area contributed by atoms with Crippen LogP contribution in [0.15, 0.2) is 24.3 Å². The highest BCUT2D eigenvalue weighted by molar-refractivity contribution is 5.70. The molecule has 1 N–H and O–H groups in total. The van der Waals surface area contributed by atoms with Crippen LogP contribution < -0.4 is 10.2 Å². The number of halogens is 1. The topological polar surface area (TPSA) is 41.6 Å². The Morgan fingerprint density at radius 2 is 2.32 bits per heavy atom. The molecule has 0 spiro atoms. The summed E-state index contributed by atoms with van der Waals surface area (Å²) < 4.78 is 18.0. The standard InChI is InChI=1S/C14H19FN2O2/c1-10-8-17(13-5-3-4-11(15)6-13)9-12(16-10)7-14(18)19-2/h3-6,10,12,16H,7-9H2,1-2H3. The second kappa shape index (κ2) is 6.02. The summed E-state index contributed by atoms with van der Waals surface area (Å²) in [5.74, 6) is -0.473. The van der Waals surface area contributed by atoms with E-state index in [1.165, 1.54) is 19.2 Å². The monoisotopic (exact) mass is 266 g/mol. The lowest BCUT2D eigenvalue weighted by molar-refractivity contribution is -0.141. The van der Waals surface area contributed by atoms with E-state index in [0.29, 0.717) is 13.0 Å². The Bertz CT molecular complexity index is 453. The maximum Gasteiger partial charge on any atom is 0.307 e. The van der Waals surface area contributed by atoms with Crippen molar-refractivity contribution in [1.82, 2.24) is 5.32 Å². The first-order chi connectivity index (χ1) is 9.08. The van der Waals surface area contributed by atoms with Crippen LogP contribution in [0.25, 0.3) is 0 Å². The number of piperazine rings is 1. The molecule has 1 fully saturated rings. The molecule has 0 bridgehead atoms. The predicted octanol–water partition coefficient (Wildman–Crippen LogP) is 1.56. The van der Waals surface area contributed by atoms with Gasteiger partial charge in [-0.05, 0) is 25.1 Å². The lowest BCUT2D eigenvalue weighted by Crippen LogP contribution is -2.56. The lowest BCUT2D eigenvalue weighted by atomic mass is 10.1. The Labute approximate surface area is 112 Å². The first kappa shape index (κ1) is 13.8. The summed E-state index contributed by atoms with van der Waals surface area (Å²) in [6, 6.07) is 6.81. The zero-order valence-electron chi connectivity index (χ0n) is 11.2. The van der Waals surface area contributed by atoms with Gasteiger partial charge in [-0.3, -0.25) is 4.79 Å². The number of hydrogen-bond donors (Lipinski definition) is 1. The van der Waals surface area contributed by atoms with E-state index < -0.39 is 0 Å². The van der Waals surface area contributed by atoms with Crippen molar-refractivity contribution in [1.29, 1.82) is 0 Å². The number of carbonyl (C=O) groups is 1. The zero-order chi connectivity index (χ0) is 13.8.